The Hall–Kier alpha value is -6.54. The number of pyridine rings is 3. The molecule has 0 aliphatic carbocycles. The largest absolute Gasteiger partial charge is 0.289 e. The molecule has 0 aliphatic heterocycles. The molecule has 3 heterocycles. The van der Waals surface area contributed by atoms with Gasteiger partial charge >= 0.3 is 0 Å². The second-order valence-corrected chi connectivity index (χ2v) is 10.3. The smallest absolute Gasteiger partial charge is 0.193 e. The van der Waals surface area contributed by atoms with Crippen LogP contribution in [0.4, 0.5) is 0 Å². The summed E-state index contributed by atoms with van der Waals surface area (Å²) in [7, 11) is 0. The molecule has 0 unspecified atom stereocenters. The van der Waals surface area contributed by atoms with Gasteiger partial charge in [-0.15, -0.1) is 0 Å². The molecule has 0 saturated heterocycles. The van der Waals surface area contributed by atoms with Crippen LogP contribution < -0.4 is 0 Å². The van der Waals surface area contributed by atoms with E-state index in [9.17, 15) is 24.0 Å². The lowest BCUT2D eigenvalue weighted by Gasteiger charge is -2.12. The van der Waals surface area contributed by atoms with Gasteiger partial charge in [0.1, 0.15) is 0 Å². The Balaban J connectivity index is 1.49. The van der Waals surface area contributed by atoms with E-state index in [4.69, 9.17) is 0 Å². The molecule has 3 aromatic heterocycles. The predicted molar refractivity (Wildman–Crippen MR) is 169 cm³/mol. The van der Waals surface area contributed by atoms with Crippen molar-refractivity contribution in [2.24, 2.45) is 0 Å². The van der Waals surface area contributed by atoms with Gasteiger partial charge in [0.2, 0.25) is 0 Å². The van der Waals surface area contributed by atoms with E-state index in [0.29, 0.717) is 22.3 Å². The van der Waals surface area contributed by atoms with E-state index in [1.165, 1.54) is 97.8 Å². The summed E-state index contributed by atoms with van der Waals surface area (Å²) in [6, 6.07) is 26.3. The average molecular weight is 602 g/mol. The van der Waals surface area contributed by atoms with Crippen LogP contribution in [0, 0.1) is 0 Å². The highest BCUT2D eigenvalue weighted by Crippen LogP contribution is 2.24. The van der Waals surface area contributed by atoms with Gasteiger partial charge in [-0.2, -0.15) is 0 Å². The van der Waals surface area contributed by atoms with E-state index in [-0.39, 0.29) is 39.2 Å². The molecule has 46 heavy (non-hydrogen) atoms. The summed E-state index contributed by atoms with van der Waals surface area (Å²) in [5.41, 5.74) is 1.89. The average Bonchev–Trinajstić information content (AvgIpc) is 3.14. The number of carbonyl (C=O) groups is 5. The summed E-state index contributed by atoms with van der Waals surface area (Å²) in [4.78, 5) is 80.2. The molecule has 0 bridgehead atoms. The number of benzene rings is 3. The van der Waals surface area contributed by atoms with Crippen molar-refractivity contribution in [3.8, 4) is 0 Å². The maximum Gasteiger partial charge on any atom is 0.193 e. The first-order chi connectivity index (χ1) is 22.4. The zero-order chi connectivity index (χ0) is 32.0. The highest BCUT2D eigenvalue weighted by atomic mass is 16.1. The molecule has 3 aromatic carbocycles. The van der Waals surface area contributed by atoms with E-state index in [2.05, 4.69) is 15.0 Å². The lowest BCUT2D eigenvalue weighted by atomic mass is 9.90. The van der Waals surface area contributed by atoms with Gasteiger partial charge in [0.25, 0.3) is 0 Å². The van der Waals surface area contributed by atoms with Crippen molar-refractivity contribution in [1.29, 1.82) is 0 Å². The fourth-order valence-corrected chi connectivity index (χ4v) is 4.97. The fourth-order valence-electron chi connectivity index (χ4n) is 4.97. The van der Waals surface area contributed by atoms with Crippen molar-refractivity contribution >= 4 is 28.9 Å². The van der Waals surface area contributed by atoms with Crippen molar-refractivity contribution in [2.75, 3.05) is 0 Å². The number of ketones is 5. The Bertz CT molecular complexity index is 1820. The molecule has 0 saturated carbocycles. The quantitative estimate of drug-likeness (QED) is 0.175. The molecular weight excluding hydrogens is 578 g/mol. The van der Waals surface area contributed by atoms with E-state index in [0.717, 1.165) is 0 Å². The van der Waals surface area contributed by atoms with Crippen LogP contribution in [0.15, 0.2) is 140 Å². The summed E-state index contributed by atoms with van der Waals surface area (Å²) in [6.07, 6.45) is 8.85. The minimum absolute atomic E-state index is 0.0314. The van der Waals surface area contributed by atoms with Gasteiger partial charge in [-0.05, 0) is 72.8 Å². The zero-order valence-electron chi connectivity index (χ0n) is 24.2. The standard InChI is InChI=1S/C38H23N3O5/c42-34(24-4-2-1-3-5-24)28-18-29(35(43)25-6-12-39-13-7-25)21-32(20-28)38(46)33-22-30(36(44)26-8-14-40-15-9-26)19-31(23-33)37(45)27-10-16-41-17-11-27/h1-23H. The molecule has 8 heteroatoms. The SMILES string of the molecule is O=C(c1ccccc1)c1cc(C(=O)c2ccncc2)cc(C(=O)c2cc(C(=O)c3ccncc3)cc(C(=O)c3ccncc3)c2)c1. The third kappa shape index (κ3) is 6.22. The maximum absolute atomic E-state index is 14.2. The van der Waals surface area contributed by atoms with E-state index in [1.807, 2.05) is 0 Å². The maximum atomic E-state index is 14.2. The second kappa shape index (κ2) is 13.0. The van der Waals surface area contributed by atoms with Gasteiger partial charge < -0.3 is 0 Å². The topological polar surface area (TPSA) is 124 Å². The molecule has 0 radical (unpaired) electrons. The Morgan fingerprint density at radius 2 is 0.500 bits per heavy atom. The lowest BCUT2D eigenvalue weighted by molar-refractivity contribution is 0.102. The molecular formula is C38H23N3O5. The Labute approximate surface area is 263 Å². The van der Waals surface area contributed by atoms with Crippen molar-refractivity contribution in [2.45, 2.75) is 0 Å². The van der Waals surface area contributed by atoms with Crippen LogP contribution >= 0.6 is 0 Å². The van der Waals surface area contributed by atoms with Crippen LogP contribution in [-0.2, 0) is 0 Å². The highest BCUT2D eigenvalue weighted by molar-refractivity contribution is 6.19. The van der Waals surface area contributed by atoms with Crippen LogP contribution in [0.1, 0.15) is 79.6 Å². The molecule has 0 fully saturated rings. The molecule has 8 nitrogen and oxygen atoms in total. The minimum Gasteiger partial charge on any atom is -0.289 e. The number of carbonyl (C=O) groups excluding carboxylic acids is 5. The predicted octanol–water partition coefficient (Wildman–Crippen LogP) is 6.03. The van der Waals surface area contributed by atoms with Gasteiger partial charge in [0.15, 0.2) is 28.9 Å². The first-order valence-corrected chi connectivity index (χ1v) is 14.2. The number of rotatable bonds is 10. The van der Waals surface area contributed by atoms with Gasteiger partial charge in [-0.3, -0.25) is 38.9 Å². The van der Waals surface area contributed by atoms with Crippen molar-refractivity contribution < 1.29 is 24.0 Å². The number of nitrogens with zero attached hydrogens (tertiary/aromatic N) is 3. The zero-order valence-corrected chi connectivity index (χ0v) is 24.2. The summed E-state index contributed by atoms with van der Waals surface area (Å²) in [6.45, 7) is 0. The molecule has 6 rings (SSSR count). The molecule has 0 amide bonds. The van der Waals surface area contributed by atoms with Crippen LogP contribution in [0.5, 0.6) is 0 Å². The highest BCUT2D eigenvalue weighted by Gasteiger charge is 2.22. The third-order valence-electron chi connectivity index (χ3n) is 7.30. The Morgan fingerprint density at radius 1 is 0.283 bits per heavy atom. The van der Waals surface area contributed by atoms with E-state index < -0.39 is 23.1 Å². The molecule has 6 aromatic rings. The number of aromatic nitrogens is 3. The first kappa shape index (κ1) is 29.5. The molecule has 0 N–H and O–H groups in total. The molecule has 0 aliphatic rings. The van der Waals surface area contributed by atoms with Crippen LogP contribution in [0.2, 0.25) is 0 Å². The van der Waals surface area contributed by atoms with Crippen LogP contribution in [0.25, 0.3) is 0 Å². The van der Waals surface area contributed by atoms with Gasteiger partial charge in [-0.25, -0.2) is 0 Å². The van der Waals surface area contributed by atoms with Crippen molar-refractivity contribution in [3.63, 3.8) is 0 Å². The van der Waals surface area contributed by atoms with Crippen molar-refractivity contribution in [3.05, 3.63) is 196 Å². The first-order valence-electron chi connectivity index (χ1n) is 14.2. The molecule has 0 atom stereocenters. The fraction of sp³-hybridized carbons (Fsp3) is 0. The summed E-state index contributed by atoms with van der Waals surface area (Å²) >= 11 is 0. The van der Waals surface area contributed by atoms with E-state index in [1.54, 1.807) is 42.5 Å². The van der Waals surface area contributed by atoms with Gasteiger partial charge in [-0.1, -0.05) is 30.3 Å². The number of hydrogen-bond donors (Lipinski definition) is 0. The molecule has 0 spiro atoms. The summed E-state index contributed by atoms with van der Waals surface area (Å²) in [5.74, 6) is -2.20. The normalized spacial score (nSPS) is 10.6. The van der Waals surface area contributed by atoms with Crippen LogP contribution in [-0.4, -0.2) is 43.9 Å². The third-order valence-corrected chi connectivity index (χ3v) is 7.30. The monoisotopic (exact) mass is 601 g/mol. The molecule has 220 valence electrons. The minimum atomic E-state index is -0.584. The summed E-state index contributed by atoms with van der Waals surface area (Å²) in [5, 5.41) is 0. The van der Waals surface area contributed by atoms with Gasteiger partial charge in [0.05, 0.1) is 0 Å². The second-order valence-electron chi connectivity index (χ2n) is 10.3. The van der Waals surface area contributed by atoms with Crippen molar-refractivity contribution in [1.82, 2.24) is 15.0 Å². The summed E-state index contributed by atoms with van der Waals surface area (Å²) < 4.78 is 0. The Kier molecular flexibility index (Phi) is 8.34. The van der Waals surface area contributed by atoms with Crippen LogP contribution in [0.3, 0.4) is 0 Å². The lowest BCUT2D eigenvalue weighted by Crippen LogP contribution is -2.13. The van der Waals surface area contributed by atoms with Gasteiger partial charge in [0, 0.05) is 92.8 Å². The van der Waals surface area contributed by atoms with E-state index >= 15 is 0 Å². The number of hydrogen-bond acceptors (Lipinski definition) is 8. The Morgan fingerprint density at radius 3 is 0.761 bits per heavy atom.